The number of unbranched alkanes of at least 4 members (excludes halogenated alkanes) is 1. The van der Waals surface area contributed by atoms with Crippen molar-refractivity contribution in [3.8, 4) is 11.3 Å². The van der Waals surface area contributed by atoms with E-state index in [-0.39, 0.29) is 6.61 Å². The quantitative estimate of drug-likeness (QED) is 0.462. The predicted octanol–water partition coefficient (Wildman–Crippen LogP) is 5.36. The minimum atomic E-state index is 0.247. The summed E-state index contributed by atoms with van der Waals surface area (Å²) < 4.78 is 7.03. The van der Waals surface area contributed by atoms with Gasteiger partial charge in [-0.3, -0.25) is 0 Å². The molecule has 0 atom stereocenters. The lowest BCUT2D eigenvalue weighted by Crippen LogP contribution is -2.27. The van der Waals surface area contributed by atoms with Crippen LogP contribution in [0.1, 0.15) is 25.3 Å². The van der Waals surface area contributed by atoms with Crippen LogP contribution in [0.5, 0.6) is 0 Å². The van der Waals surface area contributed by atoms with E-state index in [0.29, 0.717) is 0 Å². The van der Waals surface area contributed by atoms with E-state index in [1.54, 1.807) is 11.5 Å². The van der Waals surface area contributed by atoms with Crippen LogP contribution >= 0.6 is 27.5 Å². The van der Waals surface area contributed by atoms with Crippen LogP contribution in [0.2, 0.25) is 0 Å². The molecule has 0 fully saturated rings. The van der Waals surface area contributed by atoms with Gasteiger partial charge in [-0.1, -0.05) is 47.1 Å². The fourth-order valence-corrected chi connectivity index (χ4v) is 4.31. The van der Waals surface area contributed by atoms with Crippen LogP contribution in [-0.2, 0) is 6.42 Å². The molecule has 1 heterocycles. The van der Waals surface area contributed by atoms with Crippen molar-refractivity contribution in [1.82, 2.24) is 9.27 Å². The second kappa shape index (κ2) is 9.60. The van der Waals surface area contributed by atoms with Gasteiger partial charge < -0.3 is 10.0 Å². The number of aromatic nitrogens is 1. The predicted molar refractivity (Wildman–Crippen MR) is 115 cm³/mol. The molecule has 138 valence electrons. The van der Waals surface area contributed by atoms with E-state index in [1.807, 2.05) is 0 Å². The van der Waals surface area contributed by atoms with Gasteiger partial charge in [-0.2, -0.15) is 4.37 Å². The van der Waals surface area contributed by atoms with Crippen molar-refractivity contribution in [3.05, 3.63) is 52.5 Å². The van der Waals surface area contributed by atoms with Gasteiger partial charge in [0.25, 0.3) is 0 Å². The SMILES string of the molecule is CCN(CCO)CCCCc1ccc2c(-c3ccc(Br)cc3)nsc2c1. The molecule has 0 aliphatic heterocycles. The van der Waals surface area contributed by atoms with Gasteiger partial charge in [0.2, 0.25) is 0 Å². The number of hydrogen-bond acceptors (Lipinski definition) is 4. The number of benzene rings is 2. The largest absolute Gasteiger partial charge is 0.395 e. The first kappa shape index (κ1) is 19.5. The van der Waals surface area contributed by atoms with Crippen LogP contribution < -0.4 is 0 Å². The maximum absolute atomic E-state index is 9.05. The molecule has 0 aliphatic rings. The third-order valence-corrected chi connectivity index (χ3v) is 6.04. The molecule has 5 heteroatoms. The van der Waals surface area contributed by atoms with Gasteiger partial charge in [-0.05, 0) is 67.6 Å². The summed E-state index contributed by atoms with van der Waals surface area (Å²) >= 11 is 5.07. The number of fused-ring (bicyclic) bond motifs is 1. The molecule has 0 amide bonds. The minimum absolute atomic E-state index is 0.247. The van der Waals surface area contributed by atoms with Gasteiger partial charge in [0.15, 0.2) is 0 Å². The zero-order valence-electron chi connectivity index (χ0n) is 15.1. The topological polar surface area (TPSA) is 36.4 Å². The molecule has 0 radical (unpaired) electrons. The molecule has 3 rings (SSSR count). The highest BCUT2D eigenvalue weighted by molar-refractivity contribution is 9.10. The highest BCUT2D eigenvalue weighted by atomic mass is 79.9. The highest BCUT2D eigenvalue weighted by Crippen LogP contribution is 2.32. The number of hydrogen-bond donors (Lipinski definition) is 1. The Bertz CT molecular complexity index is 832. The van der Waals surface area contributed by atoms with E-state index in [2.05, 4.69) is 74.6 Å². The molecule has 2 aromatic carbocycles. The van der Waals surface area contributed by atoms with E-state index in [9.17, 15) is 0 Å². The summed E-state index contributed by atoms with van der Waals surface area (Å²) in [7, 11) is 0. The van der Waals surface area contributed by atoms with Crippen molar-refractivity contribution in [3.63, 3.8) is 0 Å². The van der Waals surface area contributed by atoms with Crippen molar-refractivity contribution in [2.75, 3.05) is 26.2 Å². The van der Waals surface area contributed by atoms with Crippen molar-refractivity contribution in [2.24, 2.45) is 0 Å². The van der Waals surface area contributed by atoms with Crippen LogP contribution in [0.25, 0.3) is 21.3 Å². The van der Waals surface area contributed by atoms with Crippen LogP contribution in [0.3, 0.4) is 0 Å². The molecule has 3 nitrogen and oxygen atoms in total. The zero-order valence-corrected chi connectivity index (χ0v) is 17.5. The molecule has 3 aromatic rings. The molecule has 0 bridgehead atoms. The molecule has 0 saturated heterocycles. The third-order valence-electron chi connectivity index (χ3n) is 4.71. The van der Waals surface area contributed by atoms with E-state index >= 15 is 0 Å². The summed E-state index contributed by atoms with van der Waals surface area (Å²) in [5, 5.41) is 10.3. The fourth-order valence-electron chi connectivity index (χ4n) is 3.19. The molecule has 1 aromatic heterocycles. The average Bonchev–Trinajstić information content (AvgIpc) is 3.08. The second-order valence-corrected chi connectivity index (χ2v) is 8.20. The highest BCUT2D eigenvalue weighted by Gasteiger charge is 2.09. The maximum atomic E-state index is 9.05. The molecule has 0 aliphatic carbocycles. The number of aliphatic hydroxyl groups excluding tert-OH is 1. The lowest BCUT2D eigenvalue weighted by atomic mass is 10.0. The molecule has 26 heavy (non-hydrogen) atoms. The van der Waals surface area contributed by atoms with Gasteiger partial charge in [0.1, 0.15) is 0 Å². The first-order chi connectivity index (χ1) is 12.7. The Labute approximate surface area is 168 Å². The summed E-state index contributed by atoms with van der Waals surface area (Å²) in [5.74, 6) is 0. The second-order valence-electron chi connectivity index (χ2n) is 6.48. The molecule has 0 spiro atoms. The van der Waals surface area contributed by atoms with Gasteiger partial charge >= 0.3 is 0 Å². The van der Waals surface area contributed by atoms with Crippen molar-refractivity contribution in [2.45, 2.75) is 26.2 Å². The van der Waals surface area contributed by atoms with Crippen molar-refractivity contribution < 1.29 is 5.11 Å². The number of halogens is 1. The van der Waals surface area contributed by atoms with Gasteiger partial charge in [-0.15, -0.1) is 0 Å². The van der Waals surface area contributed by atoms with Crippen LogP contribution in [0.15, 0.2) is 46.9 Å². The lowest BCUT2D eigenvalue weighted by Gasteiger charge is -2.18. The minimum Gasteiger partial charge on any atom is -0.395 e. The Hall–Kier alpha value is -1.27. The lowest BCUT2D eigenvalue weighted by molar-refractivity contribution is 0.200. The maximum Gasteiger partial charge on any atom is 0.0919 e. The molecular formula is C21H25BrN2OS. The monoisotopic (exact) mass is 432 g/mol. The number of aliphatic hydroxyl groups is 1. The van der Waals surface area contributed by atoms with E-state index in [1.165, 1.54) is 28.5 Å². The summed E-state index contributed by atoms with van der Waals surface area (Å²) in [4.78, 5) is 2.30. The van der Waals surface area contributed by atoms with Crippen LogP contribution in [0.4, 0.5) is 0 Å². The fraction of sp³-hybridized carbons (Fsp3) is 0.381. The Morgan fingerprint density at radius 2 is 1.88 bits per heavy atom. The molecule has 0 saturated carbocycles. The summed E-state index contributed by atoms with van der Waals surface area (Å²) in [6.45, 7) is 5.24. The smallest absolute Gasteiger partial charge is 0.0919 e. The molecule has 1 N–H and O–H groups in total. The van der Waals surface area contributed by atoms with E-state index in [4.69, 9.17) is 5.11 Å². The first-order valence-electron chi connectivity index (χ1n) is 9.18. The molecular weight excluding hydrogens is 408 g/mol. The summed E-state index contributed by atoms with van der Waals surface area (Å²) in [5.41, 5.74) is 3.62. The molecule has 0 unspecified atom stereocenters. The van der Waals surface area contributed by atoms with Gasteiger partial charge in [-0.25, -0.2) is 0 Å². The number of nitrogens with zero attached hydrogens (tertiary/aromatic N) is 2. The standard InChI is InChI=1S/C21H25BrN2OS/c1-2-24(13-14-25)12-4-3-5-16-6-11-19-20(15-16)26-23-21(19)17-7-9-18(22)10-8-17/h6-11,15,25H,2-5,12-14H2,1H3. The van der Waals surface area contributed by atoms with Gasteiger partial charge in [0.05, 0.1) is 17.0 Å². The van der Waals surface area contributed by atoms with E-state index in [0.717, 1.165) is 41.8 Å². The van der Waals surface area contributed by atoms with Crippen LogP contribution in [0, 0.1) is 0 Å². The Kier molecular flexibility index (Phi) is 7.20. The number of rotatable bonds is 9. The summed E-state index contributed by atoms with van der Waals surface area (Å²) in [6.07, 6.45) is 3.43. The van der Waals surface area contributed by atoms with Crippen molar-refractivity contribution in [1.29, 1.82) is 0 Å². The first-order valence-corrected chi connectivity index (χ1v) is 10.8. The summed E-state index contributed by atoms with van der Waals surface area (Å²) in [6, 6.07) is 15.1. The van der Waals surface area contributed by atoms with Crippen molar-refractivity contribution >= 4 is 37.5 Å². The number of aryl methyl sites for hydroxylation is 1. The zero-order chi connectivity index (χ0) is 18.4. The average molecular weight is 433 g/mol. The van der Waals surface area contributed by atoms with E-state index < -0.39 is 0 Å². The Morgan fingerprint density at radius 3 is 2.62 bits per heavy atom. The Morgan fingerprint density at radius 1 is 1.08 bits per heavy atom. The normalized spacial score (nSPS) is 11.5. The third kappa shape index (κ3) is 4.92. The number of likely N-dealkylation sites (N-methyl/N-ethyl adjacent to an activating group) is 1. The van der Waals surface area contributed by atoms with Crippen LogP contribution in [-0.4, -0.2) is 40.6 Å². The Balaban J connectivity index is 1.62. The van der Waals surface area contributed by atoms with Gasteiger partial charge in [0, 0.05) is 22.0 Å².